The van der Waals surface area contributed by atoms with Gasteiger partial charge in [-0.3, -0.25) is 24.6 Å². The van der Waals surface area contributed by atoms with Crippen molar-refractivity contribution in [3.63, 3.8) is 0 Å². The zero-order chi connectivity index (χ0) is 27.2. The summed E-state index contributed by atoms with van der Waals surface area (Å²) in [6.45, 7) is 2.73. The molecule has 3 amide bonds. The summed E-state index contributed by atoms with van der Waals surface area (Å²) in [5.74, 6) is -1.35. The van der Waals surface area contributed by atoms with E-state index in [1.54, 1.807) is 29.2 Å². The lowest BCUT2D eigenvalue weighted by molar-refractivity contribution is -0.136. The summed E-state index contributed by atoms with van der Waals surface area (Å²) >= 11 is 0. The van der Waals surface area contributed by atoms with E-state index < -0.39 is 24.3 Å². The number of hydrogen-bond donors (Lipinski definition) is 1. The van der Waals surface area contributed by atoms with Crippen molar-refractivity contribution in [2.24, 2.45) is 0 Å². The molecule has 190 valence electrons. The molecule has 2 fully saturated rings. The van der Waals surface area contributed by atoms with E-state index >= 15 is 4.39 Å². The van der Waals surface area contributed by atoms with Crippen LogP contribution in [0.25, 0.3) is 0 Å². The highest BCUT2D eigenvalue weighted by atomic mass is 19.1. The third-order valence-corrected chi connectivity index (χ3v) is 6.68. The maximum atomic E-state index is 15.1. The van der Waals surface area contributed by atoms with Gasteiger partial charge in [-0.2, -0.15) is 0 Å². The monoisotopic (exact) mass is 497 g/mol. The number of amides is 3. The fourth-order valence-electron chi connectivity index (χ4n) is 5.03. The number of morpholine rings is 1. The van der Waals surface area contributed by atoms with Crippen molar-refractivity contribution in [1.29, 1.82) is 0 Å². The molecule has 0 radical (unpaired) electrons. The average molecular weight is 498 g/mol. The second-order valence-electron chi connectivity index (χ2n) is 9.55. The summed E-state index contributed by atoms with van der Waals surface area (Å²) in [6, 6.07) is 8.55. The molecule has 0 saturated carbocycles. The molecule has 0 aliphatic carbocycles. The Balaban J connectivity index is 1.29. The Labute approximate surface area is 212 Å². The second-order valence-corrected chi connectivity index (χ2v) is 9.55. The van der Waals surface area contributed by atoms with Crippen molar-refractivity contribution in [1.82, 2.24) is 15.1 Å². The van der Waals surface area contributed by atoms with Crippen LogP contribution in [-0.4, -0.2) is 58.9 Å². The van der Waals surface area contributed by atoms with Crippen LogP contribution in [0.2, 0.25) is 0 Å². The molecule has 8 nitrogen and oxygen atoms in total. The maximum absolute atomic E-state index is 15.1. The topological polar surface area (TPSA) is 88.2 Å². The van der Waals surface area contributed by atoms with Gasteiger partial charge in [-0.25, -0.2) is 4.39 Å². The highest BCUT2D eigenvalue weighted by Gasteiger charge is 2.40. The number of halogens is 1. The largest absolute Gasteiger partial charge is 0.488 e. The van der Waals surface area contributed by atoms with E-state index in [9.17, 15) is 14.4 Å². The van der Waals surface area contributed by atoms with Gasteiger partial charge in [0, 0.05) is 45.4 Å². The first kappa shape index (κ1) is 21.9. The summed E-state index contributed by atoms with van der Waals surface area (Å²) in [7, 11) is 0. The molecule has 0 bridgehead atoms. The molecular weight excluding hydrogens is 465 g/mol. The second kappa shape index (κ2) is 9.99. The summed E-state index contributed by atoms with van der Waals surface area (Å²) in [5.41, 5.74) is 1.47. The molecule has 3 atom stereocenters. The Morgan fingerprint density at radius 2 is 1.94 bits per heavy atom. The number of nitrogens with zero attached hydrogens (tertiary/aromatic N) is 2. The van der Waals surface area contributed by atoms with E-state index in [4.69, 9.17) is 12.2 Å². The van der Waals surface area contributed by atoms with Crippen LogP contribution in [-0.2, 0) is 34.0 Å². The van der Waals surface area contributed by atoms with Gasteiger partial charge in [0.25, 0.3) is 5.91 Å². The number of carbonyl (C=O) groups is 3. The zero-order valence-corrected chi connectivity index (χ0v) is 20.3. The summed E-state index contributed by atoms with van der Waals surface area (Å²) in [5, 5.41) is 2.28. The minimum absolute atomic E-state index is 0.121. The standard InChI is InChI=1S/C27H30FN3O5/c1-16-11-30(12-17(2)36-16)13-18-6-7-19(22(28)10-18)15-35-24-5-3-4-20-21(24)14-31(27(20)34)23-8-9-25(32)29-26(23)33/h3-7,10,16-17,23H,8-9,11-15H2,1-2H3,(H,29,32,33)/i13D2. The van der Waals surface area contributed by atoms with Gasteiger partial charge >= 0.3 is 0 Å². The first-order chi connectivity index (χ1) is 18.0. The van der Waals surface area contributed by atoms with E-state index in [1.807, 2.05) is 13.8 Å². The Bertz CT molecular complexity index is 1280. The van der Waals surface area contributed by atoms with E-state index in [2.05, 4.69) is 5.32 Å². The molecule has 3 heterocycles. The molecule has 0 spiro atoms. The number of piperidine rings is 1. The lowest BCUT2D eigenvalue weighted by Gasteiger charge is -2.35. The lowest BCUT2D eigenvalue weighted by Crippen LogP contribution is -2.52. The number of carbonyl (C=O) groups excluding carboxylic acids is 3. The van der Waals surface area contributed by atoms with Crippen molar-refractivity contribution >= 4 is 17.7 Å². The van der Waals surface area contributed by atoms with Gasteiger partial charge in [-0.1, -0.05) is 18.2 Å². The van der Waals surface area contributed by atoms with Crippen molar-refractivity contribution in [3.05, 3.63) is 64.5 Å². The minimum Gasteiger partial charge on any atom is -0.488 e. The van der Waals surface area contributed by atoms with Crippen molar-refractivity contribution in [3.8, 4) is 5.75 Å². The van der Waals surface area contributed by atoms with E-state index in [-0.39, 0.29) is 61.1 Å². The highest BCUT2D eigenvalue weighted by Crippen LogP contribution is 2.34. The van der Waals surface area contributed by atoms with Gasteiger partial charge in [0.1, 0.15) is 24.2 Å². The molecular formula is C27H30FN3O5. The smallest absolute Gasteiger partial charge is 0.255 e. The lowest BCUT2D eigenvalue weighted by atomic mass is 10.0. The fourth-order valence-corrected chi connectivity index (χ4v) is 5.03. The van der Waals surface area contributed by atoms with Gasteiger partial charge in [-0.05, 0) is 44.0 Å². The summed E-state index contributed by atoms with van der Waals surface area (Å²) in [6.07, 6.45) is 0.165. The third-order valence-electron chi connectivity index (χ3n) is 6.68. The number of ether oxygens (including phenoxy) is 2. The number of nitrogens with one attached hydrogen (secondary N) is 1. The normalized spacial score (nSPS) is 25.8. The van der Waals surface area contributed by atoms with E-state index in [0.717, 1.165) is 0 Å². The van der Waals surface area contributed by atoms with Gasteiger partial charge in [0.15, 0.2) is 0 Å². The molecule has 3 unspecified atom stereocenters. The van der Waals surface area contributed by atoms with Crippen LogP contribution in [0, 0.1) is 5.82 Å². The minimum atomic E-state index is -1.87. The Hall–Kier alpha value is -3.30. The van der Waals surface area contributed by atoms with Crippen LogP contribution >= 0.6 is 0 Å². The van der Waals surface area contributed by atoms with Crippen LogP contribution < -0.4 is 10.1 Å². The SMILES string of the molecule is [2H]C([2H])(c1ccc(COc2cccc3c2CN(C2CCC(=O)NC2=O)C3=O)c(F)c1)N1CC(C)OC(C)C1. The molecule has 2 aromatic carbocycles. The molecule has 5 rings (SSSR count). The van der Waals surface area contributed by atoms with E-state index in [0.29, 0.717) is 30.0 Å². The fraction of sp³-hybridized carbons (Fsp3) is 0.444. The molecule has 2 aromatic rings. The molecule has 3 aliphatic heterocycles. The van der Waals surface area contributed by atoms with Crippen molar-refractivity contribution < 1.29 is 31.0 Å². The zero-order valence-electron chi connectivity index (χ0n) is 22.3. The maximum Gasteiger partial charge on any atom is 0.255 e. The van der Waals surface area contributed by atoms with Crippen LogP contribution in [0.15, 0.2) is 36.4 Å². The van der Waals surface area contributed by atoms with E-state index in [1.165, 1.54) is 17.0 Å². The van der Waals surface area contributed by atoms with Gasteiger partial charge in [0.2, 0.25) is 11.8 Å². The van der Waals surface area contributed by atoms with Gasteiger partial charge in [0.05, 0.1) is 18.8 Å². The number of imide groups is 1. The number of benzene rings is 2. The van der Waals surface area contributed by atoms with Crippen LogP contribution in [0.3, 0.4) is 0 Å². The summed E-state index contributed by atoms with van der Waals surface area (Å²) in [4.78, 5) is 39.9. The molecule has 36 heavy (non-hydrogen) atoms. The quantitative estimate of drug-likeness (QED) is 0.618. The number of fused-ring (bicyclic) bond motifs is 1. The Kier molecular flexibility index (Phi) is 6.09. The first-order valence-electron chi connectivity index (χ1n) is 13.1. The highest BCUT2D eigenvalue weighted by molar-refractivity contribution is 6.05. The predicted molar refractivity (Wildman–Crippen MR) is 129 cm³/mol. The molecule has 3 aliphatic rings. The van der Waals surface area contributed by atoms with Crippen molar-refractivity contribution in [2.75, 3.05) is 13.1 Å². The third kappa shape index (κ3) is 4.99. The van der Waals surface area contributed by atoms with Gasteiger partial charge in [-0.15, -0.1) is 0 Å². The Morgan fingerprint density at radius 1 is 1.17 bits per heavy atom. The summed E-state index contributed by atoms with van der Waals surface area (Å²) < 4.78 is 44.0. The first-order valence-corrected chi connectivity index (χ1v) is 12.1. The van der Waals surface area contributed by atoms with Crippen molar-refractivity contribution in [2.45, 2.75) is 64.6 Å². The number of rotatable bonds is 6. The predicted octanol–water partition coefficient (Wildman–Crippen LogP) is 2.77. The molecule has 2 saturated heterocycles. The van der Waals surface area contributed by atoms with Crippen LogP contribution in [0.5, 0.6) is 5.75 Å². The van der Waals surface area contributed by atoms with Crippen LogP contribution in [0.4, 0.5) is 4.39 Å². The molecule has 9 heteroatoms. The Morgan fingerprint density at radius 3 is 2.67 bits per heavy atom. The average Bonchev–Trinajstić information content (AvgIpc) is 3.19. The van der Waals surface area contributed by atoms with Gasteiger partial charge < -0.3 is 14.4 Å². The van der Waals surface area contributed by atoms with Crippen LogP contribution in [0.1, 0.15) is 56.5 Å². The molecule has 1 N–H and O–H groups in total. The number of hydrogen-bond acceptors (Lipinski definition) is 6. The molecule has 0 aromatic heterocycles.